The number of aromatic hydroxyl groups is 1. The number of hydrogen-bond donors (Lipinski definition) is 3. The fourth-order valence-corrected chi connectivity index (χ4v) is 2.27. The second-order valence-electron chi connectivity index (χ2n) is 4.28. The van der Waals surface area contributed by atoms with Crippen molar-refractivity contribution in [1.29, 1.82) is 0 Å². The first-order valence-corrected chi connectivity index (χ1v) is 5.75. The van der Waals surface area contributed by atoms with E-state index in [1.165, 1.54) is 6.21 Å². The second kappa shape index (κ2) is 6.29. The molecule has 1 aromatic carbocycles. The number of nitrogens with two attached hydrogens (primary N) is 2. The summed E-state index contributed by atoms with van der Waals surface area (Å²) in [7, 11) is 0. The molecule has 1 aliphatic heterocycles. The quantitative estimate of drug-likeness (QED) is 0.428. The first kappa shape index (κ1) is 15.1. The van der Waals surface area contributed by atoms with Crippen LogP contribution in [0.5, 0.6) is 5.75 Å². The van der Waals surface area contributed by atoms with Gasteiger partial charge in [0.25, 0.3) is 0 Å². The molecule has 6 nitrogen and oxygen atoms in total. The van der Waals surface area contributed by atoms with Crippen LogP contribution in [0.1, 0.15) is 18.4 Å². The summed E-state index contributed by atoms with van der Waals surface area (Å²) in [6, 6.07) is 4.83. The van der Waals surface area contributed by atoms with Crippen LogP contribution in [0.2, 0.25) is 0 Å². The number of phenolic OH excluding ortho intramolecular Hbond substituents is 1. The maximum absolute atomic E-state index is 11.3. The third-order valence-corrected chi connectivity index (χ3v) is 3.14. The minimum atomic E-state index is -0.334. The van der Waals surface area contributed by atoms with Crippen LogP contribution in [0.3, 0.4) is 0 Å². The van der Waals surface area contributed by atoms with Crippen molar-refractivity contribution in [2.45, 2.75) is 18.9 Å². The van der Waals surface area contributed by atoms with E-state index in [-0.39, 0.29) is 30.1 Å². The van der Waals surface area contributed by atoms with Gasteiger partial charge in [-0.2, -0.15) is 5.10 Å². The molecule has 19 heavy (non-hydrogen) atoms. The Labute approximate surface area is 117 Å². The highest BCUT2D eigenvalue weighted by Gasteiger charge is 2.29. The number of hydrogen-bond acceptors (Lipinski definition) is 5. The van der Waals surface area contributed by atoms with Gasteiger partial charge in [-0.05, 0) is 25.0 Å². The molecule has 0 aromatic heterocycles. The maximum Gasteiger partial charge on any atom is 0.240 e. The van der Waals surface area contributed by atoms with Crippen LogP contribution in [0.4, 0.5) is 5.69 Å². The largest absolute Gasteiger partial charge is 0.507 e. The predicted molar refractivity (Wildman–Crippen MR) is 76.7 cm³/mol. The highest BCUT2D eigenvalue weighted by atomic mass is 35.5. The van der Waals surface area contributed by atoms with Crippen molar-refractivity contribution >= 4 is 30.2 Å². The number of carbonyl (C=O) groups excluding carboxylic acids is 1. The summed E-state index contributed by atoms with van der Waals surface area (Å²) in [6.07, 6.45) is 3.04. The fourth-order valence-electron chi connectivity index (χ4n) is 2.27. The first-order chi connectivity index (χ1) is 8.63. The number of primary amides is 1. The lowest BCUT2D eigenvalue weighted by atomic mass is 10.1. The molecule has 0 saturated carbocycles. The number of hydrazone groups is 1. The lowest BCUT2D eigenvalue weighted by Crippen LogP contribution is -2.40. The molecule has 2 rings (SSSR count). The van der Waals surface area contributed by atoms with Gasteiger partial charge >= 0.3 is 0 Å². The highest BCUT2D eigenvalue weighted by molar-refractivity contribution is 5.86. The number of benzene rings is 1. The Morgan fingerprint density at radius 1 is 1.53 bits per heavy atom. The van der Waals surface area contributed by atoms with Gasteiger partial charge < -0.3 is 21.6 Å². The molecule has 0 spiro atoms. The number of nitrogens with zero attached hydrogens (tertiary/aromatic N) is 2. The van der Waals surface area contributed by atoms with Gasteiger partial charge in [0, 0.05) is 23.9 Å². The van der Waals surface area contributed by atoms with Crippen LogP contribution in [0, 0.1) is 0 Å². The molecule has 1 aromatic rings. The number of phenols is 1. The molecular weight excluding hydrogens is 268 g/mol. The summed E-state index contributed by atoms with van der Waals surface area (Å²) in [6.45, 7) is 0.761. The second-order valence-corrected chi connectivity index (χ2v) is 4.28. The summed E-state index contributed by atoms with van der Waals surface area (Å²) in [4.78, 5) is 13.2. The molecule has 1 fully saturated rings. The summed E-state index contributed by atoms with van der Waals surface area (Å²) in [5, 5.41) is 13.2. The van der Waals surface area contributed by atoms with Crippen LogP contribution in [0.15, 0.2) is 23.3 Å². The fraction of sp³-hybridized carbons (Fsp3) is 0.333. The van der Waals surface area contributed by atoms with Crippen LogP contribution >= 0.6 is 12.4 Å². The lowest BCUT2D eigenvalue weighted by molar-refractivity contribution is -0.119. The predicted octanol–water partition coefficient (Wildman–Crippen LogP) is 0.561. The number of rotatable bonds is 3. The Morgan fingerprint density at radius 3 is 2.84 bits per heavy atom. The SMILES string of the molecule is Cl.NN=Cc1ccc(N2CCC[C@H]2C(N)=O)cc1O. The summed E-state index contributed by atoms with van der Waals surface area (Å²) >= 11 is 0. The van der Waals surface area contributed by atoms with E-state index in [9.17, 15) is 9.90 Å². The van der Waals surface area contributed by atoms with Gasteiger partial charge in [-0.15, -0.1) is 12.4 Å². The topological polar surface area (TPSA) is 105 Å². The van der Waals surface area contributed by atoms with Crippen LogP contribution in [0.25, 0.3) is 0 Å². The minimum absolute atomic E-state index is 0. The van der Waals surface area contributed by atoms with Crippen LogP contribution in [-0.2, 0) is 4.79 Å². The number of amides is 1. The molecular formula is C12H17ClN4O2. The van der Waals surface area contributed by atoms with Gasteiger partial charge in [0.05, 0.1) is 6.21 Å². The van der Waals surface area contributed by atoms with Crippen molar-refractivity contribution in [3.8, 4) is 5.75 Å². The van der Waals surface area contributed by atoms with E-state index < -0.39 is 0 Å². The number of anilines is 1. The van der Waals surface area contributed by atoms with E-state index in [1.807, 2.05) is 11.0 Å². The molecule has 0 bridgehead atoms. The number of halogens is 1. The van der Waals surface area contributed by atoms with Gasteiger partial charge in [0.2, 0.25) is 5.91 Å². The lowest BCUT2D eigenvalue weighted by Gasteiger charge is -2.24. The molecule has 1 amide bonds. The Kier molecular flexibility index (Phi) is 5.00. The zero-order chi connectivity index (χ0) is 13.1. The molecule has 1 heterocycles. The van der Waals surface area contributed by atoms with Gasteiger partial charge in [0.15, 0.2) is 0 Å². The van der Waals surface area contributed by atoms with E-state index in [2.05, 4.69) is 5.10 Å². The van der Waals surface area contributed by atoms with E-state index in [0.717, 1.165) is 25.1 Å². The normalized spacial score (nSPS) is 18.5. The van der Waals surface area contributed by atoms with Gasteiger partial charge in [-0.3, -0.25) is 4.79 Å². The Bertz CT molecular complexity index is 493. The molecule has 5 N–H and O–H groups in total. The molecule has 1 aliphatic rings. The molecule has 7 heteroatoms. The standard InChI is InChI=1S/C12H16N4O2.ClH/c13-12(18)10-2-1-5-16(10)9-4-3-8(7-15-14)11(17)6-9;/h3-4,6-7,10,17H,1-2,5,14H2,(H2,13,18);1H/t10-;/m0./s1. The van der Waals surface area contributed by atoms with Gasteiger partial charge in [0.1, 0.15) is 11.8 Å². The molecule has 0 unspecified atom stereocenters. The highest BCUT2D eigenvalue weighted by Crippen LogP contribution is 2.29. The van der Waals surface area contributed by atoms with E-state index in [4.69, 9.17) is 11.6 Å². The zero-order valence-corrected chi connectivity index (χ0v) is 11.1. The molecule has 0 aliphatic carbocycles. The smallest absolute Gasteiger partial charge is 0.240 e. The van der Waals surface area contributed by atoms with Crippen molar-refractivity contribution in [2.24, 2.45) is 16.7 Å². The number of carbonyl (C=O) groups is 1. The third kappa shape index (κ3) is 3.08. The minimum Gasteiger partial charge on any atom is -0.507 e. The summed E-state index contributed by atoms with van der Waals surface area (Å²) in [5.74, 6) is 4.78. The average molecular weight is 285 g/mol. The van der Waals surface area contributed by atoms with Crippen molar-refractivity contribution in [2.75, 3.05) is 11.4 Å². The summed E-state index contributed by atoms with van der Waals surface area (Å²) < 4.78 is 0. The Hall–Kier alpha value is -1.95. The van der Waals surface area contributed by atoms with Crippen molar-refractivity contribution < 1.29 is 9.90 Å². The Morgan fingerprint density at radius 2 is 2.26 bits per heavy atom. The van der Waals surface area contributed by atoms with E-state index in [1.54, 1.807) is 12.1 Å². The van der Waals surface area contributed by atoms with E-state index >= 15 is 0 Å². The molecule has 1 atom stereocenters. The van der Waals surface area contributed by atoms with E-state index in [0.29, 0.717) is 5.56 Å². The van der Waals surface area contributed by atoms with Crippen molar-refractivity contribution in [3.63, 3.8) is 0 Å². The third-order valence-electron chi connectivity index (χ3n) is 3.14. The molecule has 0 radical (unpaired) electrons. The van der Waals surface area contributed by atoms with Crippen LogP contribution in [-0.4, -0.2) is 29.8 Å². The van der Waals surface area contributed by atoms with Gasteiger partial charge in [-0.25, -0.2) is 0 Å². The Balaban J connectivity index is 0.00000180. The monoisotopic (exact) mass is 284 g/mol. The molecule has 104 valence electrons. The zero-order valence-electron chi connectivity index (χ0n) is 10.3. The van der Waals surface area contributed by atoms with Gasteiger partial charge in [-0.1, -0.05) is 0 Å². The molecule has 1 saturated heterocycles. The van der Waals surface area contributed by atoms with Crippen molar-refractivity contribution in [3.05, 3.63) is 23.8 Å². The average Bonchev–Trinajstić information content (AvgIpc) is 2.81. The maximum atomic E-state index is 11.3. The van der Waals surface area contributed by atoms with Crippen molar-refractivity contribution in [1.82, 2.24) is 0 Å². The summed E-state index contributed by atoms with van der Waals surface area (Å²) in [5.41, 5.74) is 6.68. The van der Waals surface area contributed by atoms with Crippen LogP contribution < -0.4 is 16.5 Å². The first-order valence-electron chi connectivity index (χ1n) is 5.75.